The molecule has 4 heteroatoms. The highest BCUT2D eigenvalue weighted by Gasteiger charge is 2.30. The predicted molar refractivity (Wildman–Crippen MR) is 80.5 cm³/mol. The van der Waals surface area contributed by atoms with Gasteiger partial charge in [0.15, 0.2) is 0 Å². The highest BCUT2D eigenvalue weighted by Crippen LogP contribution is 2.32. The molecule has 0 radical (unpaired) electrons. The molecule has 0 aromatic heterocycles. The van der Waals surface area contributed by atoms with Crippen molar-refractivity contribution >= 4 is 15.9 Å². The zero-order chi connectivity index (χ0) is 13.8. The van der Waals surface area contributed by atoms with Gasteiger partial charge >= 0.3 is 0 Å². The second-order valence-corrected chi connectivity index (χ2v) is 6.22. The maximum atomic E-state index is 14.2. The van der Waals surface area contributed by atoms with E-state index < -0.39 is 0 Å². The maximum absolute atomic E-state index is 14.2. The molecule has 2 atom stereocenters. The van der Waals surface area contributed by atoms with Crippen LogP contribution in [0.1, 0.15) is 44.2 Å². The van der Waals surface area contributed by atoms with Gasteiger partial charge in [-0.05, 0) is 50.6 Å². The lowest BCUT2D eigenvalue weighted by atomic mass is 9.95. The van der Waals surface area contributed by atoms with Crippen LogP contribution in [0.2, 0.25) is 0 Å². The maximum Gasteiger partial charge on any atom is 0.128 e. The normalized spacial score (nSPS) is 25.3. The molecule has 1 aromatic carbocycles. The monoisotopic (exact) mass is 328 g/mol. The van der Waals surface area contributed by atoms with E-state index in [2.05, 4.69) is 27.8 Å². The van der Waals surface area contributed by atoms with Gasteiger partial charge in [-0.3, -0.25) is 4.90 Å². The molecule has 106 valence electrons. The fraction of sp³-hybridized carbons (Fsp3) is 0.600. The molecule has 0 amide bonds. The van der Waals surface area contributed by atoms with Crippen molar-refractivity contribution in [1.82, 2.24) is 4.90 Å². The molecular weight excluding hydrogens is 307 g/mol. The Morgan fingerprint density at radius 1 is 1.42 bits per heavy atom. The van der Waals surface area contributed by atoms with E-state index in [-0.39, 0.29) is 17.9 Å². The zero-order valence-corrected chi connectivity index (χ0v) is 13.0. The molecule has 1 aliphatic heterocycles. The summed E-state index contributed by atoms with van der Waals surface area (Å²) >= 11 is 3.44. The van der Waals surface area contributed by atoms with E-state index in [1.54, 1.807) is 6.07 Å². The van der Waals surface area contributed by atoms with Crippen LogP contribution < -0.4 is 5.73 Å². The second kappa shape index (κ2) is 6.82. The molecular formula is C15H22BrFN2. The van der Waals surface area contributed by atoms with Crippen LogP contribution in [0.5, 0.6) is 0 Å². The number of nitrogens with two attached hydrogens (primary N) is 1. The van der Waals surface area contributed by atoms with Crippen molar-refractivity contribution in [2.45, 2.75) is 44.7 Å². The third-order valence-corrected chi connectivity index (χ3v) is 4.31. The minimum atomic E-state index is -0.147. The molecule has 1 aromatic rings. The summed E-state index contributed by atoms with van der Waals surface area (Å²) in [5.74, 6) is -0.147. The van der Waals surface area contributed by atoms with Crippen LogP contribution in [0.25, 0.3) is 0 Å². The van der Waals surface area contributed by atoms with Crippen LogP contribution in [0.4, 0.5) is 4.39 Å². The van der Waals surface area contributed by atoms with Gasteiger partial charge in [-0.15, -0.1) is 0 Å². The van der Waals surface area contributed by atoms with Crippen molar-refractivity contribution < 1.29 is 4.39 Å². The first kappa shape index (κ1) is 14.9. The van der Waals surface area contributed by atoms with Crippen LogP contribution in [-0.4, -0.2) is 24.0 Å². The molecule has 0 bridgehead atoms. The molecule has 19 heavy (non-hydrogen) atoms. The Morgan fingerprint density at radius 3 is 2.95 bits per heavy atom. The number of hydrogen-bond donors (Lipinski definition) is 1. The fourth-order valence-electron chi connectivity index (χ4n) is 2.97. The van der Waals surface area contributed by atoms with Gasteiger partial charge < -0.3 is 5.73 Å². The highest BCUT2D eigenvalue weighted by atomic mass is 79.9. The van der Waals surface area contributed by atoms with Gasteiger partial charge in [0, 0.05) is 16.1 Å². The summed E-state index contributed by atoms with van der Waals surface area (Å²) in [5, 5.41) is 0. The van der Waals surface area contributed by atoms with Crippen LogP contribution in [0, 0.1) is 5.82 Å². The summed E-state index contributed by atoms with van der Waals surface area (Å²) in [7, 11) is 0. The molecule has 2 nitrogen and oxygen atoms in total. The molecule has 0 saturated carbocycles. The molecule has 2 unspecified atom stereocenters. The molecule has 0 spiro atoms. The lowest BCUT2D eigenvalue weighted by Crippen LogP contribution is -2.40. The lowest BCUT2D eigenvalue weighted by molar-refractivity contribution is 0.182. The van der Waals surface area contributed by atoms with Crippen LogP contribution >= 0.6 is 15.9 Å². The Kier molecular flexibility index (Phi) is 5.37. The van der Waals surface area contributed by atoms with E-state index in [1.165, 1.54) is 6.07 Å². The highest BCUT2D eigenvalue weighted by molar-refractivity contribution is 9.10. The van der Waals surface area contributed by atoms with Crippen molar-refractivity contribution in [3.05, 3.63) is 34.1 Å². The molecule has 1 saturated heterocycles. The molecule has 2 rings (SSSR count). The van der Waals surface area contributed by atoms with Gasteiger partial charge in [-0.2, -0.15) is 0 Å². The SMILES string of the molecule is CCCN1CCCCC(N)C1c1cc(Br)ccc1F. The molecule has 1 aliphatic rings. The van der Waals surface area contributed by atoms with Gasteiger partial charge in [0.05, 0.1) is 6.04 Å². The number of halogens is 2. The van der Waals surface area contributed by atoms with Crippen molar-refractivity contribution in [2.24, 2.45) is 5.73 Å². The van der Waals surface area contributed by atoms with Gasteiger partial charge in [-0.25, -0.2) is 4.39 Å². The Morgan fingerprint density at radius 2 is 2.21 bits per heavy atom. The average molecular weight is 329 g/mol. The quantitative estimate of drug-likeness (QED) is 0.913. The predicted octanol–water partition coefficient (Wildman–Crippen LogP) is 3.85. The van der Waals surface area contributed by atoms with Gasteiger partial charge in [0.1, 0.15) is 5.82 Å². The van der Waals surface area contributed by atoms with Crippen molar-refractivity contribution in [2.75, 3.05) is 13.1 Å². The van der Waals surface area contributed by atoms with Crippen LogP contribution in [0.3, 0.4) is 0 Å². The average Bonchev–Trinajstić information content (AvgIpc) is 2.55. The van der Waals surface area contributed by atoms with E-state index >= 15 is 0 Å². The number of benzene rings is 1. The Bertz CT molecular complexity index is 425. The van der Waals surface area contributed by atoms with E-state index in [9.17, 15) is 4.39 Å². The second-order valence-electron chi connectivity index (χ2n) is 5.31. The van der Waals surface area contributed by atoms with Crippen molar-refractivity contribution in [3.8, 4) is 0 Å². The van der Waals surface area contributed by atoms with E-state index in [0.29, 0.717) is 0 Å². The summed E-state index contributed by atoms with van der Waals surface area (Å²) < 4.78 is 15.1. The number of likely N-dealkylation sites (tertiary alicyclic amines) is 1. The van der Waals surface area contributed by atoms with E-state index in [4.69, 9.17) is 5.73 Å². The smallest absolute Gasteiger partial charge is 0.128 e. The van der Waals surface area contributed by atoms with Crippen LogP contribution in [-0.2, 0) is 0 Å². The minimum absolute atomic E-state index is 0.0000463. The van der Waals surface area contributed by atoms with E-state index in [1.807, 2.05) is 6.07 Å². The Labute approximate surface area is 123 Å². The largest absolute Gasteiger partial charge is 0.326 e. The third-order valence-electron chi connectivity index (χ3n) is 3.82. The first-order valence-corrected chi connectivity index (χ1v) is 7.87. The van der Waals surface area contributed by atoms with Gasteiger partial charge in [-0.1, -0.05) is 29.3 Å². The number of hydrogen-bond acceptors (Lipinski definition) is 2. The lowest BCUT2D eigenvalue weighted by Gasteiger charge is -2.33. The molecule has 2 N–H and O–H groups in total. The Balaban J connectivity index is 2.36. The first-order chi connectivity index (χ1) is 9.13. The topological polar surface area (TPSA) is 29.3 Å². The fourth-order valence-corrected chi connectivity index (χ4v) is 3.35. The standard InChI is InChI=1S/C15H22BrFN2/c1-2-8-19-9-4-3-5-14(18)15(19)12-10-11(16)6-7-13(12)17/h6-7,10,14-15H,2-5,8-9,18H2,1H3. The molecule has 1 fully saturated rings. The summed E-state index contributed by atoms with van der Waals surface area (Å²) in [6, 6.07) is 5.16. The number of rotatable bonds is 3. The summed E-state index contributed by atoms with van der Waals surface area (Å²) in [5.41, 5.74) is 7.06. The van der Waals surface area contributed by atoms with Crippen LogP contribution in [0.15, 0.2) is 22.7 Å². The van der Waals surface area contributed by atoms with Crippen molar-refractivity contribution in [1.29, 1.82) is 0 Å². The van der Waals surface area contributed by atoms with Crippen molar-refractivity contribution in [3.63, 3.8) is 0 Å². The van der Waals surface area contributed by atoms with Gasteiger partial charge in [0.2, 0.25) is 0 Å². The Hall–Kier alpha value is -0.450. The zero-order valence-electron chi connectivity index (χ0n) is 11.4. The molecule has 1 heterocycles. The summed E-state index contributed by atoms with van der Waals surface area (Å²) in [6.07, 6.45) is 4.32. The van der Waals surface area contributed by atoms with E-state index in [0.717, 1.165) is 48.8 Å². The van der Waals surface area contributed by atoms with Gasteiger partial charge in [0.25, 0.3) is 0 Å². The number of nitrogens with zero attached hydrogens (tertiary/aromatic N) is 1. The summed E-state index contributed by atoms with van der Waals surface area (Å²) in [6.45, 7) is 4.15. The summed E-state index contributed by atoms with van der Waals surface area (Å²) in [4.78, 5) is 2.35. The third kappa shape index (κ3) is 3.56. The first-order valence-electron chi connectivity index (χ1n) is 7.08. The molecule has 0 aliphatic carbocycles. The minimum Gasteiger partial charge on any atom is -0.326 e.